The first-order valence-electron chi connectivity index (χ1n) is 13.3. The maximum Gasteiger partial charge on any atom is 0.216 e. The monoisotopic (exact) mass is 526 g/mol. The Morgan fingerprint density at radius 1 is 1.05 bits per heavy atom. The number of piperidine rings is 1. The Kier molecular flexibility index (Phi) is 6.18. The average molecular weight is 527 g/mol. The zero-order valence-corrected chi connectivity index (χ0v) is 22.9. The van der Waals surface area contributed by atoms with Gasteiger partial charge in [0.2, 0.25) is 6.41 Å². The normalized spacial score (nSPS) is 18.3. The van der Waals surface area contributed by atoms with E-state index in [0.29, 0.717) is 5.56 Å². The number of aliphatic hydroxyl groups excluding tert-OH is 1. The zero-order chi connectivity index (χ0) is 27.4. The number of aromatic nitrogens is 5. The van der Waals surface area contributed by atoms with Crippen molar-refractivity contribution in [3.8, 4) is 28.3 Å². The molecule has 2 aliphatic heterocycles. The van der Waals surface area contributed by atoms with Crippen LogP contribution < -0.4 is 4.90 Å². The molecule has 0 aliphatic carbocycles. The number of aliphatic hydroxyl groups is 1. The highest BCUT2D eigenvalue weighted by molar-refractivity contribution is 5.87. The summed E-state index contributed by atoms with van der Waals surface area (Å²) >= 11 is 0. The van der Waals surface area contributed by atoms with Gasteiger partial charge in [0.25, 0.3) is 0 Å². The fourth-order valence-corrected chi connectivity index (χ4v) is 5.89. The Morgan fingerprint density at radius 3 is 2.54 bits per heavy atom. The molecule has 1 atom stereocenters. The van der Waals surface area contributed by atoms with Gasteiger partial charge in [-0.05, 0) is 51.8 Å². The molecule has 0 amide bonds. The fraction of sp³-hybridized carbons (Fsp3) is 0.448. The Balaban J connectivity index is 1.22. The van der Waals surface area contributed by atoms with E-state index in [-0.39, 0.29) is 5.41 Å². The van der Waals surface area contributed by atoms with Gasteiger partial charge in [-0.15, -0.1) is 0 Å². The number of nitrogens with zero attached hydrogens (tertiary/aromatic N) is 8. The lowest BCUT2D eigenvalue weighted by Crippen LogP contribution is -2.64. The van der Waals surface area contributed by atoms with E-state index < -0.39 is 12.0 Å². The molecule has 0 saturated carbocycles. The molecule has 2 saturated heterocycles. The maximum atomic E-state index is 10.6. The number of hydrogen-bond donors (Lipinski definition) is 1. The molecule has 0 radical (unpaired) electrons. The molecule has 0 aromatic carbocycles. The fourth-order valence-electron chi connectivity index (χ4n) is 5.89. The van der Waals surface area contributed by atoms with Gasteiger partial charge in [0.1, 0.15) is 11.9 Å². The Hall–Kier alpha value is -3.78. The van der Waals surface area contributed by atoms with Gasteiger partial charge in [-0.25, -0.2) is 9.50 Å². The molecule has 1 spiro atoms. The van der Waals surface area contributed by atoms with Crippen LogP contribution in [0.1, 0.15) is 39.2 Å². The summed E-state index contributed by atoms with van der Waals surface area (Å²) in [5.74, 6) is 0.932. The van der Waals surface area contributed by atoms with Crippen molar-refractivity contribution in [2.45, 2.75) is 45.6 Å². The average Bonchev–Trinajstić information content (AvgIpc) is 3.52. The topological polar surface area (TPSA) is 108 Å². The predicted molar refractivity (Wildman–Crippen MR) is 148 cm³/mol. The molecule has 0 bridgehead atoms. The van der Waals surface area contributed by atoms with Crippen LogP contribution in [0.15, 0.2) is 49.2 Å². The molecule has 2 fully saturated rings. The van der Waals surface area contributed by atoms with Crippen molar-refractivity contribution >= 4 is 11.3 Å². The Bertz CT molecular complexity index is 1540. The quantitative estimate of drug-likeness (QED) is 0.393. The highest BCUT2D eigenvalue weighted by atomic mass is 16.6. The van der Waals surface area contributed by atoms with E-state index in [1.165, 1.54) is 0 Å². The van der Waals surface area contributed by atoms with Gasteiger partial charge in [0.05, 0.1) is 29.1 Å². The number of ether oxygens (including phenoxy) is 1. The van der Waals surface area contributed by atoms with Crippen molar-refractivity contribution in [2.75, 3.05) is 31.1 Å². The van der Waals surface area contributed by atoms with Crippen LogP contribution in [0.5, 0.6) is 0 Å². The summed E-state index contributed by atoms with van der Waals surface area (Å²) in [6.45, 7) is 9.35. The van der Waals surface area contributed by atoms with E-state index >= 15 is 0 Å². The second-order valence-corrected chi connectivity index (χ2v) is 11.9. The molecule has 4 aromatic heterocycles. The van der Waals surface area contributed by atoms with Gasteiger partial charge in [0.15, 0.2) is 0 Å². The standard InChI is InChI=1S/C29H34N8O2/c1-28(2,3)39-27(38)35-9-5-8-29(17-35)18-36(19-29)25-7-6-20(12-31-25)24-10-21(23-14-32-34(4)15-23)16-37-26(24)22(11-30)13-33-37/h6-7,10,12-16,27,38H,5,8-9,17-19H2,1-4H3. The van der Waals surface area contributed by atoms with Crippen LogP contribution >= 0.6 is 0 Å². The summed E-state index contributed by atoms with van der Waals surface area (Å²) in [5, 5.41) is 29.1. The van der Waals surface area contributed by atoms with Crippen molar-refractivity contribution in [1.82, 2.24) is 29.3 Å². The van der Waals surface area contributed by atoms with Crippen molar-refractivity contribution in [1.29, 1.82) is 5.26 Å². The minimum Gasteiger partial charge on any atom is -0.356 e. The summed E-state index contributed by atoms with van der Waals surface area (Å²) in [6, 6.07) is 8.46. The summed E-state index contributed by atoms with van der Waals surface area (Å²) in [7, 11) is 1.89. The molecule has 1 N–H and O–H groups in total. The summed E-state index contributed by atoms with van der Waals surface area (Å²) in [6.07, 6.45) is 10.5. The lowest BCUT2D eigenvalue weighted by atomic mass is 9.73. The van der Waals surface area contributed by atoms with Crippen LogP contribution in [-0.2, 0) is 11.8 Å². The molecular weight excluding hydrogens is 492 g/mol. The van der Waals surface area contributed by atoms with Crippen molar-refractivity contribution in [3.05, 3.63) is 54.7 Å². The zero-order valence-electron chi connectivity index (χ0n) is 22.9. The molecule has 202 valence electrons. The third-order valence-corrected chi connectivity index (χ3v) is 7.67. The van der Waals surface area contributed by atoms with Crippen LogP contribution in [-0.4, -0.2) is 72.6 Å². The largest absolute Gasteiger partial charge is 0.356 e. The highest BCUT2D eigenvalue weighted by Gasteiger charge is 2.47. The lowest BCUT2D eigenvalue weighted by Gasteiger charge is -2.55. The molecule has 6 heterocycles. The van der Waals surface area contributed by atoms with Gasteiger partial charge in [-0.3, -0.25) is 9.58 Å². The summed E-state index contributed by atoms with van der Waals surface area (Å²) < 4.78 is 9.34. The molecule has 10 heteroatoms. The number of fused-ring (bicyclic) bond motifs is 1. The van der Waals surface area contributed by atoms with Gasteiger partial charge in [-0.1, -0.05) is 0 Å². The number of nitriles is 1. The second kappa shape index (κ2) is 9.45. The number of aryl methyl sites for hydroxylation is 1. The van der Waals surface area contributed by atoms with Crippen LogP contribution in [0.2, 0.25) is 0 Å². The minimum atomic E-state index is -0.880. The molecular formula is C29H34N8O2. The van der Waals surface area contributed by atoms with Crippen molar-refractivity contribution < 1.29 is 9.84 Å². The number of pyridine rings is 2. The van der Waals surface area contributed by atoms with Crippen molar-refractivity contribution in [3.63, 3.8) is 0 Å². The van der Waals surface area contributed by atoms with Crippen molar-refractivity contribution in [2.24, 2.45) is 12.5 Å². The number of anilines is 1. The van der Waals surface area contributed by atoms with E-state index in [4.69, 9.17) is 9.72 Å². The number of likely N-dealkylation sites (tertiary alicyclic amines) is 1. The first-order valence-corrected chi connectivity index (χ1v) is 13.3. The molecule has 6 rings (SSSR count). The highest BCUT2D eigenvalue weighted by Crippen LogP contribution is 2.42. The van der Waals surface area contributed by atoms with Gasteiger partial charge >= 0.3 is 0 Å². The smallest absolute Gasteiger partial charge is 0.216 e. The van der Waals surface area contributed by atoms with E-state index in [0.717, 1.165) is 72.6 Å². The Labute approximate surface area is 228 Å². The van der Waals surface area contributed by atoms with Gasteiger partial charge < -0.3 is 14.7 Å². The third kappa shape index (κ3) is 4.89. The number of hydrogen-bond acceptors (Lipinski definition) is 8. The van der Waals surface area contributed by atoms with Crippen LogP contribution in [0.25, 0.3) is 27.8 Å². The van der Waals surface area contributed by atoms with E-state index in [1.807, 2.05) is 52.6 Å². The molecule has 4 aromatic rings. The SMILES string of the molecule is Cn1cc(-c2cc(-c3ccc(N4CC5(CCCN(C(O)OC(C)(C)C)C5)C4)nc3)c3c(C#N)cnn3c2)cn1. The molecule has 10 nitrogen and oxygen atoms in total. The molecule has 1 unspecified atom stereocenters. The maximum absolute atomic E-state index is 10.6. The minimum absolute atomic E-state index is 0.143. The van der Waals surface area contributed by atoms with E-state index in [1.54, 1.807) is 15.4 Å². The first-order chi connectivity index (χ1) is 18.6. The van der Waals surface area contributed by atoms with Gasteiger partial charge in [0, 0.05) is 79.5 Å². The van der Waals surface area contributed by atoms with Crippen LogP contribution in [0.3, 0.4) is 0 Å². The lowest BCUT2D eigenvalue weighted by molar-refractivity contribution is -0.250. The second-order valence-electron chi connectivity index (χ2n) is 11.9. The van der Waals surface area contributed by atoms with E-state index in [9.17, 15) is 10.4 Å². The first kappa shape index (κ1) is 25.5. The summed E-state index contributed by atoms with van der Waals surface area (Å²) in [4.78, 5) is 9.17. The predicted octanol–water partition coefficient (Wildman–Crippen LogP) is 3.66. The van der Waals surface area contributed by atoms with Crippen LogP contribution in [0, 0.1) is 16.7 Å². The van der Waals surface area contributed by atoms with E-state index in [2.05, 4.69) is 44.3 Å². The van der Waals surface area contributed by atoms with Crippen LogP contribution in [0.4, 0.5) is 5.82 Å². The summed E-state index contributed by atoms with van der Waals surface area (Å²) in [5.41, 5.74) is 4.81. The molecule has 39 heavy (non-hydrogen) atoms. The van der Waals surface area contributed by atoms with Gasteiger partial charge in [-0.2, -0.15) is 15.5 Å². The number of rotatable bonds is 5. The third-order valence-electron chi connectivity index (χ3n) is 7.67. The molecule has 2 aliphatic rings. The Morgan fingerprint density at radius 2 is 1.87 bits per heavy atom.